The minimum atomic E-state index is 1.06. The molecule has 0 aromatic heterocycles. The van der Waals surface area contributed by atoms with Gasteiger partial charge in [0.15, 0.2) is 0 Å². The highest BCUT2D eigenvalue weighted by Gasteiger charge is 1.99. The Hall–Kier alpha value is -0.660. The van der Waals surface area contributed by atoms with Crippen molar-refractivity contribution in [3.8, 4) is 0 Å². The van der Waals surface area contributed by atoms with Gasteiger partial charge in [-0.15, -0.1) is 0 Å². The number of aliphatic imine (C=N–C) groups is 2. The standard InChI is InChI=1S/C8H12N2/c1-2-3-4-5-8-6-9-7-10-8/h6H,2-5H2,1H3. The predicted octanol–water partition coefficient (Wildman–Crippen LogP) is 2.09. The van der Waals surface area contributed by atoms with E-state index in [9.17, 15) is 0 Å². The van der Waals surface area contributed by atoms with Crippen LogP contribution >= 0.6 is 0 Å². The van der Waals surface area contributed by atoms with Crippen LogP contribution in [0.2, 0.25) is 0 Å². The minimum Gasteiger partial charge on any atom is -0.252 e. The first-order valence-electron chi connectivity index (χ1n) is 3.78. The van der Waals surface area contributed by atoms with Crippen LogP contribution in [0.15, 0.2) is 9.98 Å². The van der Waals surface area contributed by atoms with Crippen LogP contribution in [0.5, 0.6) is 0 Å². The van der Waals surface area contributed by atoms with E-state index in [1.54, 1.807) is 6.21 Å². The first kappa shape index (κ1) is 7.45. The van der Waals surface area contributed by atoms with Crippen LogP contribution in [0, 0.1) is 6.67 Å². The van der Waals surface area contributed by atoms with E-state index in [4.69, 9.17) is 0 Å². The highest BCUT2D eigenvalue weighted by molar-refractivity contribution is 6.31. The van der Waals surface area contributed by atoms with Gasteiger partial charge in [0, 0.05) is 6.21 Å². The summed E-state index contributed by atoms with van der Waals surface area (Å²) < 4.78 is 0. The largest absolute Gasteiger partial charge is 0.252 e. The first-order chi connectivity index (χ1) is 4.93. The van der Waals surface area contributed by atoms with E-state index in [-0.39, 0.29) is 0 Å². The topological polar surface area (TPSA) is 24.7 Å². The fourth-order valence-electron chi connectivity index (χ4n) is 0.902. The van der Waals surface area contributed by atoms with Crippen LogP contribution in [0.25, 0.3) is 0 Å². The van der Waals surface area contributed by atoms with E-state index in [1.165, 1.54) is 19.3 Å². The predicted molar refractivity (Wildman–Crippen MR) is 43.3 cm³/mol. The summed E-state index contributed by atoms with van der Waals surface area (Å²) in [4.78, 5) is 7.72. The molecule has 1 rings (SSSR count). The maximum atomic E-state index is 3.95. The van der Waals surface area contributed by atoms with Gasteiger partial charge in [0.1, 0.15) is 0 Å². The van der Waals surface area contributed by atoms with Crippen molar-refractivity contribution < 1.29 is 0 Å². The molecule has 0 saturated heterocycles. The Morgan fingerprint density at radius 1 is 1.50 bits per heavy atom. The number of unbranched alkanes of at least 4 members (excludes halogenated alkanes) is 2. The Bertz CT molecular complexity index is 147. The quantitative estimate of drug-likeness (QED) is 0.529. The zero-order valence-corrected chi connectivity index (χ0v) is 6.30. The fraction of sp³-hybridized carbons (Fsp3) is 0.625. The van der Waals surface area contributed by atoms with Gasteiger partial charge in [-0.25, -0.2) is 4.99 Å². The van der Waals surface area contributed by atoms with Crippen molar-refractivity contribution in [1.82, 2.24) is 0 Å². The normalized spacial score (nSPS) is 15.9. The van der Waals surface area contributed by atoms with Gasteiger partial charge in [-0.2, -0.15) is 0 Å². The van der Waals surface area contributed by atoms with Gasteiger partial charge in [-0.3, -0.25) is 4.99 Å². The molecule has 0 unspecified atom stereocenters. The lowest BCUT2D eigenvalue weighted by molar-refractivity contribution is 0.744. The third-order valence-corrected chi connectivity index (χ3v) is 1.50. The van der Waals surface area contributed by atoms with Crippen molar-refractivity contribution in [3.05, 3.63) is 6.67 Å². The van der Waals surface area contributed by atoms with Gasteiger partial charge in [-0.1, -0.05) is 19.8 Å². The Labute approximate surface area is 62.1 Å². The van der Waals surface area contributed by atoms with Crippen molar-refractivity contribution in [2.45, 2.75) is 32.6 Å². The lowest BCUT2D eigenvalue weighted by Crippen LogP contribution is -1.94. The molecule has 0 bridgehead atoms. The zero-order chi connectivity index (χ0) is 7.23. The number of hydrogen-bond donors (Lipinski definition) is 0. The summed E-state index contributed by atoms with van der Waals surface area (Å²) >= 11 is 0. The Kier molecular flexibility index (Phi) is 3.13. The Balaban J connectivity index is 2.08. The second kappa shape index (κ2) is 4.20. The van der Waals surface area contributed by atoms with Crippen LogP contribution in [0.3, 0.4) is 0 Å². The van der Waals surface area contributed by atoms with Crippen LogP contribution in [0.4, 0.5) is 0 Å². The highest BCUT2D eigenvalue weighted by Crippen LogP contribution is 2.03. The van der Waals surface area contributed by atoms with Gasteiger partial charge in [0.05, 0.1) is 5.71 Å². The van der Waals surface area contributed by atoms with E-state index in [2.05, 4.69) is 23.6 Å². The molecule has 0 aromatic rings. The van der Waals surface area contributed by atoms with Crippen molar-refractivity contribution in [3.63, 3.8) is 0 Å². The van der Waals surface area contributed by atoms with Crippen molar-refractivity contribution in [1.29, 1.82) is 0 Å². The smallest absolute Gasteiger partial charge is 0.250 e. The van der Waals surface area contributed by atoms with Crippen LogP contribution in [-0.4, -0.2) is 11.9 Å². The zero-order valence-electron chi connectivity index (χ0n) is 6.30. The monoisotopic (exact) mass is 136 g/mol. The molecule has 1 heterocycles. The van der Waals surface area contributed by atoms with Gasteiger partial charge < -0.3 is 0 Å². The van der Waals surface area contributed by atoms with Gasteiger partial charge in [0.2, 0.25) is 6.67 Å². The summed E-state index contributed by atoms with van der Waals surface area (Å²) in [6.45, 7) is 4.75. The van der Waals surface area contributed by atoms with E-state index >= 15 is 0 Å². The molecule has 2 heteroatoms. The van der Waals surface area contributed by atoms with Gasteiger partial charge in [0.25, 0.3) is 0 Å². The average molecular weight is 136 g/mol. The molecular formula is C8H12N2. The molecule has 0 N–H and O–H groups in total. The molecule has 1 aliphatic heterocycles. The summed E-state index contributed by atoms with van der Waals surface area (Å²) in [5.41, 5.74) is 1.08. The minimum absolute atomic E-state index is 1.06. The summed E-state index contributed by atoms with van der Waals surface area (Å²) in [5.74, 6) is 0. The number of hydrogen-bond acceptors (Lipinski definition) is 2. The van der Waals surface area contributed by atoms with Gasteiger partial charge in [-0.05, 0) is 12.8 Å². The SMILES string of the molecule is CCCCCC1=N[C]N=C1. The molecule has 0 aliphatic carbocycles. The molecule has 0 spiro atoms. The second-order valence-corrected chi connectivity index (χ2v) is 2.42. The third-order valence-electron chi connectivity index (χ3n) is 1.50. The molecule has 10 heavy (non-hydrogen) atoms. The number of nitrogens with zero attached hydrogens (tertiary/aromatic N) is 2. The lowest BCUT2D eigenvalue weighted by Gasteiger charge is -1.93. The molecule has 0 fully saturated rings. The molecule has 0 amide bonds. The van der Waals surface area contributed by atoms with Gasteiger partial charge >= 0.3 is 0 Å². The van der Waals surface area contributed by atoms with E-state index in [0.29, 0.717) is 0 Å². The molecule has 2 radical (unpaired) electrons. The van der Waals surface area contributed by atoms with E-state index in [0.717, 1.165) is 12.1 Å². The fourth-order valence-corrected chi connectivity index (χ4v) is 0.902. The second-order valence-electron chi connectivity index (χ2n) is 2.42. The van der Waals surface area contributed by atoms with E-state index in [1.807, 2.05) is 0 Å². The van der Waals surface area contributed by atoms with Crippen LogP contribution in [0.1, 0.15) is 32.6 Å². The summed E-state index contributed by atoms with van der Waals surface area (Å²) in [6.07, 6.45) is 6.62. The average Bonchev–Trinajstić information content (AvgIpc) is 2.41. The Morgan fingerprint density at radius 3 is 3.00 bits per heavy atom. The molecule has 0 atom stereocenters. The van der Waals surface area contributed by atoms with Crippen molar-refractivity contribution >= 4 is 11.9 Å². The Morgan fingerprint density at radius 2 is 2.40 bits per heavy atom. The maximum Gasteiger partial charge on any atom is 0.250 e. The van der Waals surface area contributed by atoms with Crippen LogP contribution in [-0.2, 0) is 0 Å². The lowest BCUT2D eigenvalue weighted by atomic mass is 10.1. The molecule has 2 nitrogen and oxygen atoms in total. The molecule has 54 valence electrons. The summed E-state index contributed by atoms with van der Waals surface area (Å²) in [6, 6.07) is 0. The molecule has 0 saturated carbocycles. The molecular weight excluding hydrogens is 124 g/mol. The molecule has 0 aromatic carbocycles. The van der Waals surface area contributed by atoms with E-state index < -0.39 is 0 Å². The summed E-state index contributed by atoms with van der Waals surface area (Å²) in [7, 11) is 0. The van der Waals surface area contributed by atoms with Crippen LogP contribution < -0.4 is 0 Å². The first-order valence-corrected chi connectivity index (χ1v) is 3.78. The maximum absolute atomic E-state index is 3.95. The summed E-state index contributed by atoms with van der Waals surface area (Å²) in [5, 5.41) is 0. The van der Waals surface area contributed by atoms with Crippen molar-refractivity contribution in [2.75, 3.05) is 0 Å². The van der Waals surface area contributed by atoms with Crippen molar-refractivity contribution in [2.24, 2.45) is 9.98 Å². The highest BCUT2D eigenvalue weighted by atomic mass is 15.0. The molecule has 1 aliphatic rings. The number of rotatable bonds is 4. The third kappa shape index (κ3) is 2.29.